The van der Waals surface area contributed by atoms with Crippen molar-refractivity contribution in [3.05, 3.63) is 0 Å². The second-order valence-corrected chi connectivity index (χ2v) is 15.5. The SMILES string of the molecule is CCCCCCCCCCCCCCCC(=O)C(O)C(O)(C(=O)CCCCCCCCCCCCCCC)C(O)C1(O)O[C@H](CO)[C@@H](O)[C@H](O)[C@H]1O. The van der Waals surface area contributed by atoms with Crippen molar-refractivity contribution >= 4 is 11.6 Å². The molecule has 0 aromatic heterocycles. The fourth-order valence-electron chi connectivity index (χ4n) is 7.38. The molecule has 1 heterocycles. The van der Waals surface area contributed by atoms with Crippen LogP contribution in [0.15, 0.2) is 0 Å². The third-order valence-corrected chi connectivity index (χ3v) is 11.0. The summed E-state index contributed by atoms with van der Waals surface area (Å²) in [6.45, 7) is 3.47. The van der Waals surface area contributed by atoms with Crippen LogP contribution in [-0.2, 0) is 14.3 Å². The van der Waals surface area contributed by atoms with E-state index in [9.17, 15) is 50.4 Å². The summed E-state index contributed by atoms with van der Waals surface area (Å²) in [6, 6.07) is 0. The number of Topliss-reactive ketones (excluding diaryl/α,β-unsaturated/α-hetero) is 2. The summed E-state index contributed by atoms with van der Waals surface area (Å²) >= 11 is 0. The van der Waals surface area contributed by atoms with E-state index in [1.54, 1.807) is 0 Å². The van der Waals surface area contributed by atoms with Gasteiger partial charge in [-0.25, -0.2) is 0 Å². The topological polar surface area (TPSA) is 205 Å². The van der Waals surface area contributed by atoms with Gasteiger partial charge in [0.2, 0.25) is 5.79 Å². The van der Waals surface area contributed by atoms with E-state index in [0.29, 0.717) is 19.3 Å². The largest absolute Gasteiger partial charge is 0.394 e. The number of ether oxygens (including phenoxy) is 1. The van der Waals surface area contributed by atoms with Crippen LogP contribution in [0.25, 0.3) is 0 Å². The van der Waals surface area contributed by atoms with Crippen LogP contribution in [0.3, 0.4) is 0 Å². The van der Waals surface area contributed by atoms with Gasteiger partial charge in [0.25, 0.3) is 0 Å². The smallest absolute Gasteiger partial charge is 0.225 e. The molecule has 1 aliphatic rings. The first-order valence-electron chi connectivity index (χ1n) is 21.1. The molecule has 8 N–H and O–H groups in total. The number of hydrogen-bond acceptors (Lipinski definition) is 11. The average molecular weight is 747 g/mol. The first-order valence-corrected chi connectivity index (χ1v) is 21.1. The number of rotatable bonds is 34. The van der Waals surface area contributed by atoms with E-state index >= 15 is 0 Å². The predicted octanol–water partition coefficient (Wildman–Crippen LogP) is 5.70. The van der Waals surface area contributed by atoms with Gasteiger partial charge in [-0.15, -0.1) is 0 Å². The third-order valence-electron chi connectivity index (χ3n) is 11.0. The van der Waals surface area contributed by atoms with Gasteiger partial charge in [-0.3, -0.25) is 9.59 Å². The standard InChI is InChI=1S/C41H78O11/c1-3-5-7-9-11-13-15-17-19-21-23-25-27-29-32(43)37(47)40(50,39(49)41(51)38(48)36(46)35(45)33(31-42)52-41)34(44)30-28-26-24-22-20-18-16-14-12-10-8-6-4-2/h33,35-39,42,45-51H,3-31H2,1-2H3/t33-,35-,36+,37?,38-,39?,40?,41?/m1/s1. The van der Waals surface area contributed by atoms with E-state index in [1.165, 1.54) is 89.9 Å². The molecular formula is C41H78O11. The van der Waals surface area contributed by atoms with Crippen molar-refractivity contribution in [3.63, 3.8) is 0 Å². The molecule has 52 heavy (non-hydrogen) atoms. The number of carbonyl (C=O) groups is 2. The first kappa shape index (κ1) is 49.0. The number of aliphatic hydroxyl groups excluding tert-OH is 6. The summed E-state index contributed by atoms with van der Waals surface area (Å²) in [5.41, 5.74) is -3.30. The van der Waals surface area contributed by atoms with Crippen LogP contribution in [-0.4, -0.2) is 107 Å². The minimum absolute atomic E-state index is 0.192. The third kappa shape index (κ3) is 16.8. The fraction of sp³-hybridized carbons (Fsp3) is 0.951. The molecule has 1 fully saturated rings. The summed E-state index contributed by atoms with van der Waals surface area (Å²) in [5, 5.41) is 86.2. The Kier molecular flexibility index (Phi) is 26.8. The second-order valence-electron chi connectivity index (χ2n) is 15.5. The molecule has 0 spiro atoms. The van der Waals surface area contributed by atoms with Crippen LogP contribution < -0.4 is 0 Å². The zero-order chi connectivity index (χ0) is 38.8. The summed E-state index contributed by atoms with van der Waals surface area (Å²) in [5.74, 6) is -5.36. The average Bonchev–Trinajstić information content (AvgIpc) is 3.14. The Labute approximate surface area is 314 Å². The van der Waals surface area contributed by atoms with Gasteiger partial charge in [-0.1, -0.05) is 168 Å². The van der Waals surface area contributed by atoms with Crippen LogP contribution in [0.4, 0.5) is 0 Å². The van der Waals surface area contributed by atoms with E-state index in [4.69, 9.17) is 4.74 Å². The highest BCUT2D eigenvalue weighted by molar-refractivity contribution is 5.96. The van der Waals surface area contributed by atoms with E-state index < -0.39 is 66.2 Å². The van der Waals surface area contributed by atoms with Crippen molar-refractivity contribution < 1.29 is 55.2 Å². The maximum atomic E-state index is 13.6. The van der Waals surface area contributed by atoms with Crippen molar-refractivity contribution in [2.24, 2.45) is 0 Å². The Morgan fingerprint density at radius 3 is 1.31 bits per heavy atom. The molecule has 11 heteroatoms. The normalized spacial score (nSPS) is 24.4. The molecule has 0 aliphatic carbocycles. The van der Waals surface area contributed by atoms with Crippen molar-refractivity contribution in [1.82, 2.24) is 0 Å². The molecule has 0 bridgehead atoms. The van der Waals surface area contributed by atoms with Crippen molar-refractivity contribution in [1.29, 1.82) is 0 Å². The van der Waals surface area contributed by atoms with Gasteiger partial charge in [-0.2, -0.15) is 0 Å². The first-order chi connectivity index (χ1) is 24.9. The van der Waals surface area contributed by atoms with Crippen LogP contribution in [0.5, 0.6) is 0 Å². The summed E-state index contributed by atoms with van der Waals surface area (Å²) in [4.78, 5) is 26.8. The Morgan fingerprint density at radius 2 is 0.942 bits per heavy atom. The molecule has 0 radical (unpaired) electrons. The zero-order valence-corrected chi connectivity index (χ0v) is 32.8. The number of aliphatic hydroxyl groups is 8. The van der Waals surface area contributed by atoms with Crippen LogP contribution in [0.2, 0.25) is 0 Å². The van der Waals surface area contributed by atoms with Crippen LogP contribution in [0, 0.1) is 0 Å². The molecule has 1 rings (SSSR count). The Hall–Kier alpha value is -1.02. The van der Waals surface area contributed by atoms with Gasteiger partial charge in [0.15, 0.2) is 23.3 Å². The highest BCUT2D eigenvalue weighted by atomic mass is 16.7. The number of ketones is 2. The lowest BCUT2D eigenvalue weighted by Crippen LogP contribution is -2.76. The van der Waals surface area contributed by atoms with Gasteiger partial charge in [-0.05, 0) is 12.8 Å². The molecule has 0 aromatic carbocycles. The number of unbranched alkanes of at least 4 members (excludes halogenated alkanes) is 24. The maximum Gasteiger partial charge on any atom is 0.225 e. The maximum absolute atomic E-state index is 13.6. The summed E-state index contributed by atoms with van der Waals surface area (Å²) in [7, 11) is 0. The minimum atomic E-state index is -3.32. The van der Waals surface area contributed by atoms with E-state index in [2.05, 4.69) is 13.8 Å². The van der Waals surface area contributed by atoms with Crippen LogP contribution >= 0.6 is 0 Å². The monoisotopic (exact) mass is 747 g/mol. The minimum Gasteiger partial charge on any atom is -0.394 e. The molecular weight excluding hydrogens is 668 g/mol. The number of hydrogen-bond donors (Lipinski definition) is 8. The second kappa shape index (κ2) is 28.4. The Morgan fingerprint density at radius 1 is 0.596 bits per heavy atom. The summed E-state index contributed by atoms with van der Waals surface area (Å²) < 4.78 is 5.17. The molecule has 308 valence electrons. The van der Waals surface area contributed by atoms with Gasteiger partial charge in [0.1, 0.15) is 30.5 Å². The number of carbonyl (C=O) groups excluding carboxylic acids is 2. The molecule has 1 saturated heterocycles. The Bertz CT molecular complexity index is 917. The molecule has 11 nitrogen and oxygen atoms in total. The molecule has 8 atom stereocenters. The van der Waals surface area contributed by atoms with Gasteiger partial charge < -0.3 is 45.6 Å². The van der Waals surface area contributed by atoms with Gasteiger partial charge in [0, 0.05) is 12.8 Å². The highest BCUT2D eigenvalue weighted by Crippen LogP contribution is 2.38. The van der Waals surface area contributed by atoms with E-state index in [1.807, 2.05) is 0 Å². The van der Waals surface area contributed by atoms with Crippen molar-refractivity contribution in [2.45, 2.75) is 242 Å². The molecule has 0 aromatic rings. The van der Waals surface area contributed by atoms with E-state index in [-0.39, 0.29) is 19.3 Å². The molecule has 0 amide bonds. The van der Waals surface area contributed by atoms with Crippen molar-refractivity contribution in [3.8, 4) is 0 Å². The molecule has 4 unspecified atom stereocenters. The predicted molar refractivity (Wildman–Crippen MR) is 203 cm³/mol. The lowest BCUT2D eigenvalue weighted by atomic mass is 9.74. The Balaban J connectivity index is 2.72. The van der Waals surface area contributed by atoms with Crippen molar-refractivity contribution in [2.75, 3.05) is 6.61 Å². The zero-order valence-electron chi connectivity index (χ0n) is 32.8. The summed E-state index contributed by atoms with van der Waals surface area (Å²) in [6.07, 6.45) is 13.9. The van der Waals surface area contributed by atoms with E-state index in [0.717, 1.165) is 51.4 Å². The molecule has 1 aliphatic heterocycles. The lowest BCUT2D eigenvalue weighted by molar-refractivity contribution is -0.391. The molecule has 0 saturated carbocycles. The van der Waals surface area contributed by atoms with Gasteiger partial charge in [0.05, 0.1) is 6.61 Å². The van der Waals surface area contributed by atoms with Crippen LogP contribution in [0.1, 0.15) is 194 Å². The lowest BCUT2D eigenvalue weighted by Gasteiger charge is -2.50. The highest BCUT2D eigenvalue weighted by Gasteiger charge is 2.65. The quantitative estimate of drug-likeness (QED) is 0.0375. The fourth-order valence-corrected chi connectivity index (χ4v) is 7.38. The van der Waals surface area contributed by atoms with Gasteiger partial charge >= 0.3 is 0 Å².